The molecule has 5 amide bonds. The Morgan fingerprint density at radius 3 is 2.56 bits per heavy atom. The maximum Gasteiger partial charge on any atom is 0.327 e. The molecule has 3 saturated heterocycles. The number of amides is 5. The van der Waals surface area contributed by atoms with Crippen LogP contribution in [0.2, 0.25) is 0 Å². The quantitative estimate of drug-likeness (QED) is 0.634. The molecular formula is C18H29N5O4. The molecule has 27 heavy (non-hydrogen) atoms. The molecule has 2 N–H and O–H groups in total. The molecule has 3 aliphatic heterocycles. The lowest BCUT2D eigenvalue weighted by atomic mass is 9.95. The largest absolute Gasteiger partial charge is 0.344 e. The van der Waals surface area contributed by atoms with Crippen LogP contribution in [-0.4, -0.2) is 89.8 Å². The second-order valence-corrected chi connectivity index (χ2v) is 7.83. The van der Waals surface area contributed by atoms with Crippen LogP contribution in [0.5, 0.6) is 0 Å². The second kappa shape index (κ2) is 7.46. The van der Waals surface area contributed by atoms with Crippen molar-refractivity contribution in [2.45, 2.75) is 44.7 Å². The highest BCUT2D eigenvalue weighted by Gasteiger charge is 2.56. The Bertz CT molecular complexity index is 648. The van der Waals surface area contributed by atoms with Gasteiger partial charge in [0.25, 0.3) is 5.91 Å². The van der Waals surface area contributed by atoms with Crippen LogP contribution in [0, 0.1) is 5.92 Å². The van der Waals surface area contributed by atoms with Gasteiger partial charge in [0.1, 0.15) is 11.6 Å². The number of nitrogens with one attached hydrogen (secondary N) is 2. The Kier molecular flexibility index (Phi) is 5.41. The summed E-state index contributed by atoms with van der Waals surface area (Å²) in [6, 6.07) is -0.923. The van der Waals surface area contributed by atoms with E-state index in [0.29, 0.717) is 19.5 Å². The van der Waals surface area contributed by atoms with Gasteiger partial charge in [-0.25, -0.2) is 4.79 Å². The summed E-state index contributed by atoms with van der Waals surface area (Å²) >= 11 is 0. The first-order valence-electron chi connectivity index (χ1n) is 9.69. The van der Waals surface area contributed by atoms with Crippen LogP contribution in [0.25, 0.3) is 0 Å². The first-order valence-corrected chi connectivity index (χ1v) is 9.69. The summed E-state index contributed by atoms with van der Waals surface area (Å²) in [6.45, 7) is 6.02. The number of piperidine rings is 1. The molecule has 150 valence electrons. The molecule has 3 fully saturated rings. The zero-order chi connectivity index (χ0) is 19.8. The van der Waals surface area contributed by atoms with Gasteiger partial charge < -0.3 is 20.4 Å². The number of carbonyl (C=O) groups is 4. The van der Waals surface area contributed by atoms with Crippen LogP contribution >= 0.6 is 0 Å². The van der Waals surface area contributed by atoms with Gasteiger partial charge in [0.15, 0.2) is 0 Å². The molecule has 0 saturated carbocycles. The van der Waals surface area contributed by atoms with E-state index in [0.717, 1.165) is 30.8 Å². The fraction of sp³-hybridized carbons (Fsp3) is 0.778. The van der Waals surface area contributed by atoms with Crippen LogP contribution in [0.15, 0.2) is 0 Å². The van der Waals surface area contributed by atoms with Crippen molar-refractivity contribution in [2.75, 3.05) is 39.8 Å². The summed E-state index contributed by atoms with van der Waals surface area (Å²) in [5.41, 5.74) is -1.03. The number of fused-ring (bicyclic) bond motifs is 1. The van der Waals surface area contributed by atoms with E-state index in [-0.39, 0.29) is 36.2 Å². The molecule has 0 aromatic rings. The Hall–Kier alpha value is -2.16. The van der Waals surface area contributed by atoms with Crippen molar-refractivity contribution in [3.8, 4) is 0 Å². The van der Waals surface area contributed by atoms with Crippen LogP contribution in [0.1, 0.15) is 33.1 Å². The molecule has 3 aliphatic rings. The van der Waals surface area contributed by atoms with Crippen LogP contribution in [0.3, 0.4) is 0 Å². The molecule has 9 heteroatoms. The van der Waals surface area contributed by atoms with Gasteiger partial charge in [0.05, 0.1) is 6.54 Å². The van der Waals surface area contributed by atoms with Gasteiger partial charge in [-0.1, -0.05) is 6.92 Å². The van der Waals surface area contributed by atoms with E-state index < -0.39 is 11.6 Å². The van der Waals surface area contributed by atoms with Crippen molar-refractivity contribution in [3.63, 3.8) is 0 Å². The minimum Gasteiger partial charge on any atom is -0.344 e. The molecular weight excluding hydrogens is 350 g/mol. The van der Waals surface area contributed by atoms with Gasteiger partial charge in [-0.3, -0.25) is 19.3 Å². The van der Waals surface area contributed by atoms with Crippen molar-refractivity contribution in [1.29, 1.82) is 0 Å². The number of nitrogens with zero attached hydrogens (tertiary/aromatic N) is 3. The highest BCUT2D eigenvalue weighted by molar-refractivity contribution is 6.07. The smallest absolute Gasteiger partial charge is 0.327 e. The Morgan fingerprint density at radius 1 is 1.26 bits per heavy atom. The van der Waals surface area contributed by atoms with Gasteiger partial charge in [-0.05, 0) is 39.3 Å². The third-order valence-corrected chi connectivity index (χ3v) is 6.02. The topological polar surface area (TPSA) is 102 Å². The molecule has 0 radical (unpaired) electrons. The number of carbonyl (C=O) groups excluding carboxylic acids is 4. The highest BCUT2D eigenvalue weighted by Crippen LogP contribution is 2.31. The average Bonchev–Trinajstić information content (AvgIpc) is 2.86. The Morgan fingerprint density at radius 2 is 1.93 bits per heavy atom. The zero-order valence-corrected chi connectivity index (χ0v) is 16.3. The maximum absolute atomic E-state index is 13.0. The average molecular weight is 379 g/mol. The van der Waals surface area contributed by atoms with Gasteiger partial charge in [-0.2, -0.15) is 0 Å². The molecule has 0 spiro atoms. The molecule has 0 aromatic carbocycles. The van der Waals surface area contributed by atoms with Gasteiger partial charge in [0.2, 0.25) is 11.8 Å². The number of hydrogen-bond acceptors (Lipinski definition) is 5. The standard InChI is InChI=1S/C18H29N5O4/c1-4-13(20-14(24)12-5-7-19-8-6-12)15(25)22-9-10-23-17(27)21(3)16(26)18(23,2)11-22/h12-13,19H,4-11H2,1-3H3,(H,20,24). The summed E-state index contributed by atoms with van der Waals surface area (Å²) in [4.78, 5) is 54.5. The Labute approximate surface area is 159 Å². The van der Waals surface area contributed by atoms with Crippen molar-refractivity contribution in [1.82, 2.24) is 25.3 Å². The van der Waals surface area contributed by atoms with E-state index >= 15 is 0 Å². The number of imide groups is 1. The SMILES string of the molecule is CCC(NC(=O)C1CCNCC1)C(=O)N1CCN2C(=O)N(C)C(=O)C2(C)C1. The van der Waals surface area contributed by atoms with Crippen LogP contribution < -0.4 is 10.6 Å². The minimum atomic E-state index is -1.03. The molecule has 3 heterocycles. The van der Waals surface area contributed by atoms with Gasteiger partial charge in [-0.15, -0.1) is 0 Å². The first kappa shape index (κ1) is 19.6. The number of hydrogen-bond donors (Lipinski definition) is 2. The fourth-order valence-electron chi connectivity index (χ4n) is 4.24. The van der Waals surface area contributed by atoms with Gasteiger partial charge >= 0.3 is 6.03 Å². The summed E-state index contributed by atoms with van der Waals surface area (Å²) in [5.74, 6) is -0.620. The first-order chi connectivity index (χ1) is 12.8. The third kappa shape index (κ3) is 3.40. The van der Waals surface area contributed by atoms with Crippen molar-refractivity contribution in [3.05, 3.63) is 0 Å². The summed E-state index contributed by atoms with van der Waals surface area (Å²) in [7, 11) is 1.47. The predicted octanol–water partition coefficient (Wildman–Crippen LogP) is -0.624. The lowest BCUT2D eigenvalue weighted by molar-refractivity contribution is -0.144. The van der Waals surface area contributed by atoms with E-state index in [4.69, 9.17) is 0 Å². The number of urea groups is 1. The summed E-state index contributed by atoms with van der Waals surface area (Å²) in [6.07, 6.45) is 2.03. The molecule has 9 nitrogen and oxygen atoms in total. The molecule has 0 aliphatic carbocycles. The van der Waals surface area contributed by atoms with Crippen molar-refractivity contribution >= 4 is 23.8 Å². The molecule has 2 unspecified atom stereocenters. The zero-order valence-electron chi connectivity index (χ0n) is 16.3. The normalized spacial score (nSPS) is 27.6. The predicted molar refractivity (Wildman–Crippen MR) is 97.7 cm³/mol. The van der Waals surface area contributed by atoms with Crippen molar-refractivity contribution < 1.29 is 19.2 Å². The van der Waals surface area contributed by atoms with E-state index in [9.17, 15) is 19.2 Å². The monoisotopic (exact) mass is 379 g/mol. The van der Waals surface area contributed by atoms with Gasteiger partial charge in [0, 0.05) is 26.1 Å². The maximum atomic E-state index is 13.0. The molecule has 2 atom stereocenters. The van der Waals surface area contributed by atoms with E-state index in [1.807, 2.05) is 6.92 Å². The van der Waals surface area contributed by atoms with E-state index in [1.54, 1.807) is 11.8 Å². The Balaban J connectivity index is 1.66. The lowest BCUT2D eigenvalue weighted by Crippen LogP contribution is -2.64. The van der Waals surface area contributed by atoms with Crippen LogP contribution in [-0.2, 0) is 14.4 Å². The second-order valence-electron chi connectivity index (χ2n) is 7.83. The van der Waals surface area contributed by atoms with Crippen LogP contribution in [0.4, 0.5) is 4.79 Å². The number of piperazine rings is 1. The minimum absolute atomic E-state index is 0.0647. The molecule has 3 rings (SSSR count). The molecule has 0 aromatic heterocycles. The molecule has 0 bridgehead atoms. The fourth-order valence-corrected chi connectivity index (χ4v) is 4.24. The van der Waals surface area contributed by atoms with E-state index in [1.165, 1.54) is 11.9 Å². The lowest BCUT2D eigenvalue weighted by Gasteiger charge is -2.43. The third-order valence-electron chi connectivity index (χ3n) is 6.02. The van der Waals surface area contributed by atoms with Crippen molar-refractivity contribution in [2.24, 2.45) is 5.92 Å². The number of likely N-dealkylation sites (N-methyl/N-ethyl adjacent to an activating group) is 1. The number of rotatable bonds is 4. The van der Waals surface area contributed by atoms with E-state index in [2.05, 4.69) is 10.6 Å². The highest BCUT2D eigenvalue weighted by atomic mass is 16.2. The summed E-state index contributed by atoms with van der Waals surface area (Å²) < 4.78 is 0. The summed E-state index contributed by atoms with van der Waals surface area (Å²) in [5, 5.41) is 6.13.